The number of hydrogen-bond donors (Lipinski definition) is 2. The molecule has 34 heavy (non-hydrogen) atoms. The van der Waals surface area contributed by atoms with Crippen LogP contribution in [0.3, 0.4) is 0 Å². The Hall–Kier alpha value is -4.21. The third kappa shape index (κ3) is 4.61. The number of alkyl halides is 1. The largest absolute Gasteiger partial charge is 0.497 e. The number of halogens is 1. The number of nitrogens with zero attached hydrogens (tertiary/aromatic N) is 4. The third-order valence-corrected chi connectivity index (χ3v) is 5.38. The minimum Gasteiger partial charge on any atom is -0.497 e. The molecule has 2 aromatic carbocycles. The summed E-state index contributed by atoms with van der Waals surface area (Å²) in [6, 6.07) is 11.1. The number of benzene rings is 2. The summed E-state index contributed by atoms with van der Waals surface area (Å²) in [6.07, 6.45) is 1.69. The maximum atomic E-state index is 13.2. The monoisotopic (exact) mass is 464 g/mol. The van der Waals surface area contributed by atoms with Gasteiger partial charge >= 0.3 is 6.03 Å². The van der Waals surface area contributed by atoms with Gasteiger partial charge in [0, 0.05) is 48.7 Å². The molecule has 0 spiro atoms. The van der Waals surface area contributed by atoms with E-state index in [1.54, 1.807) is 54.5 Å². The van der Waals surface area contributed by atoms with Crippen LogP contribution in [0.2, 0.25) is 0 Å². The van der Waals surface area contributed by atoms with Crippen LogP contribution in [-0.4, -0.2) is 42.6 Å². The van der Waals surface area contributed by atoms with Crippen molar-refractivity contribution in [1.29, 1.82) is 0 Å². The molecule has 9 nitrogen and oxygen atoms in total. The van der Waals surface area contributed by atoms with Crippen molar-refractivity contribution in [3.05, 3.63) is 65.4 Å². The Bertz CT molecular complexity index is 1240. The first-order valence-electron chi connectivity index (χ1n) is 10.7. The van der Waals surface area contributed by atoms with Gasteiger partial charge < -0.3 is 15.4 Å². The number of aromatic nitrogens is 2. The number of nitrogens with one attached hydrogen (secondary N) is 2. The average Bonchev–Trinajstić information content (AvgIpc) is 2.86. The number of carbonyl (C=O) groups is 2. The smallest absolute Gasteiger partial charge is 0.330 e. The fourth-order valence-corrected chi connectivity index (χ4v) is 3.68. The SMILES string of the molecule is CCNc1ncc2c(n1)N(C)C(=O)N(c1cc(NC(=O)c3cccc(CF)c3)cc(OC)c1)C2. The van der Waals surface area contributed by atoms with Crippen LogP contribution in [0.1, 0.15) is 28.4 Å². The zero-order valence-electron chi connectivity index (χ0n) is 19.1. The molecule has 0 saturated heterocycles. The molecule has 0 saturated carbocycles. The number of urea groups is 1. The van der Waals surface area contributed by atoms with Crippen molar-refractivity contribution in [2.75, 3.05) is 41.1 Å². The molecule has 3 aromatic rings. The molecule has 1 aliphatic rings. The maximum absolute atomic E-state index is 13.2. The van der Waals surface area contributed by atoms with E-state index in [1.165, 1.54) is 18.1 Å². The van der Waals surface area contributed by atoms with Crippen LogP contribution in [0.15, 0.2) is 48.7 Å². The zero-order valence-corrected chi connectivity index (χ0v) is 19.1. The molecule has 176 valence electrons. The highest BCUT2D eigenvalue weighted by molar-refractivity contribution is 6.07. The Labute approximate surface area is 196 Å². The molecule has 1 aliphatic heterocycles. The highest BCUT2D eigenvalue weighted by Crippen LogP contribution is 2.33. The van der Waals surface area contributed by atoms with Crippen molar-refractivity contribution >= 4 is 35.1 Å². The Kier molecular flexibility index (Phi) is 6.58. The first kappa shape index (κ1) is 23.0. The summed E-state index contributed by atoms with van der Waals surface area (Å²) in [4.78, 5) is 37.7. The zero-order chi connectivity index (χ0) is 24.2. The number of methoxy groups -OCH3 is 1. The van der Waals surface area contributed by atoms with Gasteiger partial charge in [-0.2, -0.15) is 4.98 Å². The first-order chi connectivity index (χ1) is 16.4. The molecule has 10 heteroatoms. The molecule has 0 unspecified atom stereocenters. The van der Waals surface area contributed by atoms with Gasteiger partial charge in [0.1, 0.15) is 18.2 Å². The van der Waals surface area contributed by atoms with Gasteiger partial charge in [0.2, 0.25) is 5.95 Å². The van der Waals surface area contributed by atoms with Crippen LogP contribution in [0.25, 0.3) is 0 Å². The van der Waals surface area contributed by atoms with Crippen LogP contribution in [0, 0.1) is 0 Å². The van der Waals surface area contributed by atoms with Gasteiger partial charge in [-0.05, 0) is 30.7 Å². The summed E-state index contributed by atoms with van der Waals surface area (Å²) < 4.78 is 18.4. The second-order valence-electron chi connectivity index (χ2n) is 7.71. The quantitative estimate of drug-likeness (QED) is 0.543. The lowest BCUT2D eigenvalue weighted by atomic mass is 10.1. The Morgan fingerprint density at radius 1 is 1.24 bits per heavy atom. The van der Waals surface area contributed by atoms with Gasteiger partial charge in [0.05, 0.1) is 19.3 Å². The predicted molar refractivity (Wildman–Crippen MR) is 128 cm³/mol. The summed E-state index contributed by atoms with van der Waals surface area (Å²) >= 11 is 0. The van der Waals surface area contributed by atoms with E-state index < -0.39 is 12.6 Å². The second kappa shape index (κ2) is 9.74. The minimum atomic E-state index is -0.657. The van der Waals surface area contributed by atoms with Gasteiger partial charge in [-0.3, -0.25) is 14.6 Å². The first-order valence-corrected chi connectivity index (χ1v) is 10.7. The van der Waals surface area contributed by atoms with E-state index in [9.17, 15) is 14.0 Å². The van der Waals surface area contributed by atoms with Crippen LogP contribution < -0.4 is 25.2 Å². The lowest BCUT2D eigenvalue weighted by Gasteiger charge is -2.34. The standard InChI is InChI=1S/C24H25FN6O3/c1-4-26-23-27-13-17-14-31(24(33)30(2)21(17)29-23)19-9-18(10-20(11-19)34-3)28-22(32)16-7-5-6-15(8-16)12-25/h5-11,13H,4,12,14H2,1-3H3,(H,28,32)(H,26,27,29). The Balaban J connectivity index is 1.63. The number of rotatable bonds is 7. The molecule has 0 aliphatic carbocycles. The van der Waals surface area contributed by atoms with Crippen molar-refractivity contribution in [2.24, 2.45) is 0 Å². The van der Waals surface area contributed by atoms with Crippen molar-refractivity contribution in [3.63, 3.8) is 0 Å². The third-order valence-electron chi connectivity index (χ3n) is 5.38. The maximum Gasteiger partial charge on any atom is 0.330 e. The molecule has 0 bridgehead atoms. The second-order valence-corrected chi connectivity index (χ2v) is 7.71. The van der Waals surface area contributed by atoms with Crippen molar-refractivity contribution in [2.45, 2.75) is 20.1 Å². The van der Waals surface area contributed by atoms with Crippen molar-refractivity contribution in [3.8, 4) is 5.75 Å². The van der Waals surface area contributed by atoms with E-state index in [2.05, 4.69) is 20.6 Å². The van der Waals surface area contributed by atoms with Crippen molar-refractivity contribution < 1.29 is 18.7 Å². The number of carbonyl (C=O) groups excluding carboxylic acids is 2. The summed E-state index contributed by atoms with van der Waals surface area (Å²) in [5, 5.41) is 5.85. The number of anilines is 4. The van der Waals surface area contributed by atoms with Crippen LogP contribution in [0.5, 0.6) is 5.75 Å². The molecular weight excluding hydrogens is 439 g/mol. The number of ether oxygens (including phenoxy) is 1. The molecule has 3 amide bonds. The highest BCUT2D eigenvalue weighted by atomic mass is 19.1. The van der Waals surface area contributed by atoms with Gasteiger partial charge in [-0.25, -0.2) is 14.2 Å². The minimum absolute atomic E-state index is 0.254. The van der Waals surface area contributed by atoms with E-state index in [0.717, 1.165) is 5.56 Å². The van der Waals surface area contributed by atoms with Gasteiger partial charge in [0.15, 0.2) is 0 Å². The molecule has 2 N–H and O–H groups in total. The van der Waals surface area contributed by atoms with E-state index in [4.69, 9.17) is 4.74 Å². The van der Waals surface area contributed by atoms with Gasteiger partial charge in [-0.1, -0.05) is 12.1 Å². The number of fused-ring (bicyclic) bond motifs is 1. The summed E-state index contributed by atoms with van der Waals surface area (Å²) in [6.45, 7) is 2.20. The molecule has 0 atom stereocenters. The van der Waals surface area contributed by atoms with E-state index in [0.29, 0.717) is 46.6 Å². The predicted octanol–water partition coefficient (Wildman–Crippen LogP) is 4.22. The topological polar surface area (TPSA) is 99.7 Å². The summed E-state index contributed by atoms with van der Waals surface area (Å²) in [7, 11) is 3.15. The summed E-state index contributed by atoms with van der Waals surface area (Å²) in [5.74, 6) is 1.06. The Morgan fingerprint density at radius 2 is 2.06 bits per heavy atom. The Morgan fingerprint density at radius 3 is 2.79 bits per heavy atom. The van der Waals surface area contributed by atoms with E-state index in [1.807, 2.05) is 6.92 Å². The van der Waals surface area contributed by atoms with Crippen molar-refractivity contribution in [1.82, 2.24) is 9.97 Å². The van der Waals surface area contributed by atoms with Crippen LogP contribution >= 0.6 is 0 Å². The lowest BCUT2D eigenvalue weighted by Crippen LogP contribution is -2.46. The average molecular weight is 465 g/mol. The van der Waals surface area contributed by atoms with Gasteiger partial charge in [0.25, 0.3) is 5.91 Å². The molecule has 0 radical (unpaired) electrons. The summed E-state index contributed by atoms with van der Waals surface area (Å²) in [5.41, 5.74) is 2.49. The van der Waals surface area contributed by atoms with Crippen LogP contribution in [-0.2, 0) is 13.2 Å². The molecule has 4 rings (SSSR count). The van der Waals surface area contributed by atoms with E-state index in [-0.39, 0.29) is 12.6 Å². The molecule has 1 aromatic heterocycles. The molecule has 0 fully saturated rings. The highest BCUT2D eigenvalue weighted by Gasteiger charge is 2.31. The normalized spacial score (nSPS) is 12.9. The van der Waals surface area contributed by atoms with Crippen LogP contribution in [0.4, 0.5) is 32.3 Å². The van der Waals surface area contributed by atoms with Gasteiger partial charge in [-0.15, -0.1) is 0 Å². The molecular formula is C24H25FN6O3. The molecule has 2 heterocycles. The lowest BCUT2D eigenvalue weighted by molar-refractivity contribution is 0.102. The fourth-order valence-electron chi connectivity index (χ4n) is 3.68. The number of amides is 3. The number of hydrogen-bond acceptors (Lipinski definition) is 6. The van der Waals surface area contributed by atoms with E-state index >= 15 is 0 Å². The fraction of sp³-hybridized carbons (Fsp3) is 0.250.